The molecular weight excluding hydrogens is 283 g/mol. The zero-order valence-corrected chi connectivity index (χ0v) is 17.0. The molecule has 0 aliphatic heterocycles. The average Bonchev–Trinajstić information content (AvgIpc) is 2.53. The minimum atomic E-state index is 0.462. The third-order valence-electron chi connectivity index (χ3n) is 5.16. The number of unbranched alkanes of at least 4 members (excludes halogenated alkanes) is 7. The summed E-state index contributed by atoms with van der Waals surface area (Å²) in [7, 11) is 3.30. The molecule has 22 heavy (non-hydrogen) atoms. The van der Waals surface area contributed by atoms with E-state index in [1.165, 1.54) is 89.9 Å². The molecular formula is C21H43P. The van der Waals surface area contributed by atoms with Gasteiger partial charge in [-0.15, -0.1) is 15.8 Å². The summed E-state index contributed by atoms with van der Waals surface area (Å²) in [5.74, 6) is 0.819. The molecule has 0 radical (unpaired) electrons. The molecule has 0 aromatic heterocycles. The van der Waals surface area contributed by atoms with E-state index < -0.39 is 0 Å². The van der Waals surface area contributed by atoms with Crippen molar-refractivity contribution in [1.29, 1.82) is 0 Å². The molecule has 0 amide bonds. The summed E-state index contributed by atoms with van der Waals surface area (Å²) in [5, 5.41) is 0.462. The third kappa shape index (κ3) is 10.0. The quantitative estimate of drug-likeness (QED) is 0.153. The van der Waals surface area contributed by atoms with Crippen LogP contribution in [0.2, 0.25) is 0 Å². The van der Waals surface area contributed by atoms with Gasteiger partial charge in [0.15, 0.2) is 0 Å². The van der Waals surface area contributed by atoms with E-state index in [0.717, 1.165) is 5.92 Å². The average molecular weight is 327 g/mol. The van der Waals surface area contributed by atoms with Gasteiger partial charge in [-0.2, -0.15) is 0 Å². The predicted octanol–water partition coefficient (Wildman–Crippen LogP) is 7.92. The first-order valence-corrected chi connectivity index (χ1v) is 10.6. The van der Waals surface area contributed by atoms with Crippen molar-refractivity contribution in [3.63, 3.8) is 0 Å². The van der Waals surface area contributed by atoms with Gasteiger partial charge in [0.2, 0.25) is 0 Å². The van der Waals surface area contributed by atoms with Gasteiger partial charge >= 0.3 is 0 Å². The maximum atomic E-state index is 4.03. The van der Waals surface area contributed by atoms with E-state index in [2.05, 4.69) is 42.7 Å². The van der Waals surface area contributed by atoms with Gasteiger partial charge in [-0.05, 0) is 36.8 Å². The molecule has 0 heterocycles. The highest BCUT2D eigenvalue weighted by molar-refractivity contribution is 7.19. The second kappa shape index (κ2) is 14.7. The Balaban J connectivity index is 4.43. The maximum absolute atomic E-state index is 4.03. The van der Waals surface area contributed by atoms with Crippen LogP contribution >= 0.6 is 9.24 Å². The molecule has 2 unspecified atom stereocenters. The largest absolute Gasteiger partial charge is 0.131 e. The molecule has 0 fully saturated rings. The number of rotatable bonds is 16. The minimum absolute atomic E-state index is 0.462. The first kappa shape index (κ1) is 22.2. The van der Waals surface area contributed by atoms with Crippen LogP contribution in [0.3, 0.4) is 0 Å². The molecule has 0 aromatic rings. The highest BCUT2D eigenvalue weighted by Crippen LogP contribution is 2.42. The fourth-order valence-corrected chi connectivity index (χ4v) is 4.27. The molecule has 0 rings (SSSR count). The summed E-state index contributed by atoms with van der Waals surface area (Å²) in [4.78, 5) is 0. The molecule has 0 bridgehead atoms. The fraction of sp³-hybridized carbons (Fsp3) is 0.905. The number of allylic oxidation sites excluding steroid dienone is 1. The normalized spacial score (nSPS) is 13.3. The lowest BCUT2D eigenvalue weighted by Crippen LogP contribution is -2.31. The zero-order valence-electron chi connectivity index (χ0n) is 15.8. The molecule has 2 atom stereocenters. The second-order valence-corrected chi connectivity index (χ2v) is 8.37. The summed E-state index contributed by atoms with van der Waals surface area (Å²) in [6.45, 7) is 11.0. The van der Waals surface area contributed by atoms with E-state index in [-0.39, 0.29) is 0 Å². The van der Waals surface area contributed by atoms with E-state index in [1.807, 2.05) is 0 Å². The molecule has 0 saturated heterocycles. The van der Waals surface area contributed by atoms with Crippen LogP contribution in [0.15, 0.2) is 12.7 Å². The second-order valence-electron chi connectivity index (χ2n) is 7.22. The lowest BCUT2D eigenvalue weighted by atomic mass is 9.78. The Morgan fingerprint density at radius 1 is 0.818 bits per heavy atom. The van der Waals surface area contributed by atoms with Crippen molar-refractivity contribution < 1.29 is 0 Å². The molecule has 0 nitrogen and oxygen atoms in total. The Morgan fingerprint density at radius 3 is 1.82 bits per heavy atom. The van der Waals surface area contributed by atoms with Gasteiger partial charge in [-0.3, -0.25) is 0 Å². The smallest absolute Gasteiger partial charge is 0.0119 e. The van der Waals surface area contributed by atoms with Crippen molar-refractivity contribution in [3.05, 3.63) is 12.7 Å². The Kier molecular flexibility index (Phi) is 14.9. The van der Waals surface area contributed by atoms with Crippen molar-refractivity contribution in [3.8, 4) is 0 Å². The Labute approximate surface area is 144 Å². The molecule has 0 aromatic carbocycles. The lowest BCUT2D eigenvalue weighted by molar-refractivity contribution is 0.297. The van der Waals surface area contributed by atoms with Crippen LogP contribution in [-0.2, 0) is 0 Å². The Morgan fingerprint density at radius 2 is 1.32 bits per heavy atom. The molecule has 0 N–H and O–H groups in total. The topological polar surface area (TPSA) is 0 Å². The standard InChI is InChI=1S/C21H43P/c1-5-9-12-13-14-15-17-20(16-8-4)21(22,18-10-6-2)19-11-7-3/h8,20H,4-7,9-19,22H2,1-3H3. The maximum Gasteiger partial charge on any atom is -0.0119 e. The van der Waals surface area contributed by atoms with Crippen molar-refractivity contribution in [2.24, 2.45) is 5.92 Å². The van der Waals surface area contributed by atoms with Gasteiger partial charge in [0.25, 0.3) is 0 Å². The van der Waals surface area contributed by atoms with E-state index >= 15 is 0 Å². The summed E-state index contributed by atoms with van der Waals surface area (Å²) in [5.41, 5.74) is 0. The Bertz CT molecular complexity index is 238. The highest BCUT2D eigenvalue weighted by Gasteiger charge is 2.31. The van der Waals surface area contributed by atoms with Crippen LogP contribution in [0.5, 0.6) is 0 Å². The van der Waals surface area contributed by atoms with Crippen LogP contribution in [0.1, 0.15) is 111 Å². The first-order chi connectivity index (χ1) is 10.6. The fourth-order valence-electron chi connectivity index (χ4n) is 3.56. The zero-order chi connectivity index (χ0) is 16.7. The van der Waals surface area contributed by atoms with Crippen LogP contribution in [0.25, 0.3) is 0 Å². The molecule has 132 valence electrons. The van der Waals surface area contributed by atoms with Gasteiger partial charge in [0.05, 0.1) is 0 Å². The lowest BCUT2D eigenvalue weighted by Gasteiger charge is -2.38. The molecule has 0 aliphatic rings. The third-order valence-corrected chi connectivity index (χ3v) is 6.21. The minimum Gasteiger partial charge on any atom is -0.131 e. The predicted molar refractivity (Wildman–Crippen MR) is 108 cm³/mol. The summed E-state index contributed by atoms with van der Waals surface area (Å²) in [6, 6.07) is 0. The molecule has 0 saturated carbocycles. The van der Waals surface area contributed by atoms with Gasteiger partial charge in [0, 0.05) is 0 Å². The van der Waals surface area contributed by atoms with Crippen LogP contribution in [-0.4, -0.2) is 5.16 Å². The van der Waals surface area contributed by atoms with Gasteiger partial charge in [-0.1, -0.05) is 91.1 Å². The summed E-state index contributed by atoms with van der Waals surface area (Å²) in [6.07, 6.45) is 21.4. The SMILES string of the molecule is C=CCC(CCCCCCCC)C(P)(CCCC)CCCC. The summed E-state index contributed by atoms with van der Waals surface area (Å²) < 4.78 is 0. The van der Waals surface area contributed by atoms with Crippen molar-refractivity contribution in [2.45, 2.75) is 116 Å². The van der Waals surface area contributed by atoms with Crippen LogP contribution in [0, 0.1) is 5.92 Å². The van der Waals surface area contributed by atoms with E-state index in [9.17, 15) is 0 Å². The first-order valence-electron chi connectivity index (χ1n) is 10.0. The van der Waals surface area contributed by atoms with E-state index in [1.54, 1.807) is 0 Å². The van der Waals surface area contributed by atoms with Crippen LogP contribution in [0.4, 0.5) is 0 Å². The van der Waals surface area contributed by atoms with Crippen LogP contribution < -0.4 is 0 Å². The van der Waals surface area contributed by atoms with Gasteiger partial charge < -0.3 is 0 Å². The van der Waals surface area contributed by atoms with Crippen molar-refractivity contribution in [1.82, 2.24) is 0 Å². The Hall–Kier alpha value is 0.170. The summed E-state index contributed by atoms with van der Waals surface area (Å²) >= 11 is 0. The van der Waals surface area contributed by atoms with Crippen molar-refractivity contribution in [2.75, 3.05) is 0 Å². The highest BCUT2D eigenvalue weighted by atomic mass is 31.0. The number of hydrogen-bond acceptors (Lipinski definition) is 0. The number of hydrogen-bond donors (Lipinski definition) is 0. The monoisotopic (exact) mass is 326 g/mol. The van der Waals surface area contributed by atoms with Gasteiger partial charge in [-0.25, -0.2) is 0 Å². The molecule has 1 heteroatoms. The molecule has 0 aliphatic carbocycles. The van der Waals surface area contributed by atoms with Gasteiger partial charge in [0.1, 0.15) is 0 Å². The van der Waals surface area contributed by atoms with E-state index in [0.29, 0.717) is 5.16 Å². The van der Waals surface area contributed by atoms with Crippen molar-refractivity contribution >= 4 is 9.24 Å². The molecule has 0 spiro atoms. The van der Waals surface area contributed by atoms with E-state index in [4.69, 9.17) is 0 Å².